The van der Waals surface area contributed by atoms with Crippen LogP contribution in [0, 0.1) is 6.92 Å². The van der Waals surface area contributed by atoms with Gasteiger partial charge < -0.3 is 5.32 Å². The van der Waals surface area contributed by atoms with E-state index in [9.17, 15) is 9.59 Å². The van der Waals surface area contributed by atoms with Crippen LogP contribution in [0.15, 0.2) is 58.5 Å². The summed E-state index contributed by atoms with van der Waals surface area (Å²) in [6.45, 7) is 8.39. The van der Waals surface area contributed by atoms with Gasteiger partial charge in [0.1, 0.15) is 0 Å². The van der Waals surface area contributed by atoms with Crippen LogP contribution in [0.1, 0.15) is 31.9 Å². The van der Waals surface area contributed by atoms with Gasteiger partial charge in [0.15, 0.2) is 10.9 Å². The molecule has 0 unspecified atom stereocenters. The maximum Gasteiger partial charge on any atom is 0.278 e. The Morgan fingerprint density at radius 2 is 1.69 bits per heavy atom. The minimum atomic E-state index is -0.329. The normalized spacial score (nSPS) is 11.3. The van der Waals surface area contributed by atoms with E-state index in [1.54, 1.807) is 0 Å². The molecule has 0 bridgehead atoms. The van der Waals surface area contributed by atoms with Crippen LogP contribution >= 0.6 is 11.8 Å². The Morgan fingerprint density at radius 1 is 1.03 bits per heavy atom. The van der Waals surface area contributed by atoms with Gasteiger partial charge in [-0.1, -0.05) is 74.5 Å². The predicted octanol–water partition coefficient (Wildman–Crippen LogP) is 4.17. The molecule has 0 fully saturated rings. The fourth-order valence-electron chi connectivity index (χ4n) is 2.67. The average molecular weight is 409 g/mol. The summed E-state index contributed by atoms with van der Waals surface area (Å²) in [6.07, 6.45) is 0. The Kier molecular flexibility index (Phi) is 6.17. The number of carbonyl (C=O) groups excluding carboxylic acids is 1. The number of aromatic nitrogens is 3. The van der Waals surface area contributed by atoms with E-state index in [0.29, 0.717) is 10.7 Å². The van der Waals surface area contributed by atoms with Gasteiger partial charge in [0.2, 0.25) is 5.91 Å². The minimum Gasteiger partial charge on any atom is -0.325 e. The monoisotopic (exact) mass is 408 g/mol. The molecule has 0 saturated carbocycles. The molecule has 7 heteroatoms. The van der Waals surface area contributed by atoms with Gasteiger partial charge >= 0.3 is 0 Å². The van der Waals surface area contributed by atoms with Crippen LogP contribution in [-0.2, 0) is 10.2 Å². The molecule has 3 aromatic rings. The van der Waals surface area contributed by atoms with Crippen molar-refractivity contribution in [2.75, 3.05) is 11.1 Å². The van der Waals surface area contributed by atoms with Crippen molar-refractivity contribution in [2.24, 2.45) is 0 Å². The third kappa shape index (κ3) is 5.54. The number of carbonyl (C=O) groups is 1. The van der Waals surface area contributed by atoms with Crippen LogP contribution in [-0.4, -0.2) is 26.8 Å². The molecule has 2 aromatic carbocycles. The van der Waals surface area contributed by atoms with E-state index in [0.717, 1.165) is 23.0 Å². The van der Waals surface area contributed by atoms with Crippen molar-refractivity contribution in [1.29, 1.82) is 0 Å². The van der Waals surface area contributed by atoms with Crippen molar-refractivity contribution >= 4 is 23.4 Å². The first-order valence-electron chi connectivity index (χ1n) is 9.29. The van der Waals surface area contributed by atoms with Gasteiger partial charge in [0.25, 0.3) is 5.56 Å². The average Bonchev–Trinajstić information content (AvgIpc) is 2.68. The number of benzene rings is 2. The number of thioether (sulfide) groups is 1. The Labute approximate surface area is 174 Å². The number of aromatic amines is 1. The molecular formula is C22H24N4O2S. The highest BCUT2D eigenvalue weighted by Gasteiger charge is 2.15. The number of aryl methyl sites for hydroxylation is 1. The molecule has 0 aliphatic heterocycles. The lowest BCUT2D eigenvalue weighted by atomic mass is 9.86. The highest BCUT2D eigenvalue weighted by atomic mass is 32.2. The molecule has 0 atom stereocenters. The Balaban J connectivity index is 1.64. The summed E-state index contributed by atoms with van der Waals surface area (Å²) >= 11 is 1.13. The number of nitrogens with one attached hydrogen (secondary N) is 2. The summed E-state index contributed by atoms with van der Waals surface area (Å²) in [5, 5.41) is 11.2. The standard InChI is InChI=1S/C22H24N4O2S/c1-14-5-11-17(12-6-14)23-18(27)13-29-21-24-20(28)19(25-26-21)15-7-9-16(10-8-15)22(2,3)4/h5-12H,13H2,1-4H3,(H,23,27)(H,24,26,28). The highest BCUT2D eigenvalue weighted by Crippen LogP contribution is 2.24. The molecule has 0 saturated heterocycles. The summed E-state index contributed by atoms with van der Waals surface area (Å²) in [6, 6.07) is 15.3. The second kappa shape index (κ2) is 8.61. The number of anilines is 1. The van der Waals surface area contributed by atoms with Crippen LogP contribution in [0.3, 0.4) is 0 Å². The highest BCUT2D eigenvalue weighted by molar-refractivity contribution is 7.99. The van der Waals surface area contributed by atoms with E-state index < -0.39 is 0 Å². The molecule has 0 radical (unpaired) electrons. The quantitative estimate of drug-likeness (QED) is 0.619. The van der Waals surface area contributed by atoms with Gasteiger partial charge in [0.05, 0.1) is 5.75 Å². The zero-order valence-electron chi connectivity index (χ0n) is 16.9. The van der Waals surface area contributed by atoms with E-state index in [2.05, 4.69) is 41.3 Å². The molecule has 0 spiro atoms. The van der Waals surface area contributed by atoms with E-state index in [4.69, 9.17) is 0 Å². The van der Waals surface area contributed by atoms with E-state index in [1.165, 1.54) is 5.56 Å². The van der Waals surface area contributed by atoms with Crippen molar-refractivity contribution < 1.29 is 4.79 Å². The number of nitrogens with zero attached hydrogens (tertiary/aromatic N) is 2. The van der Waals surface area contributed by atoms with Gasteiger partial charge in [-0.2, -0.15) is 0 Å². The number of hydrogen-bond acceptors (Lipinski definition) is 5. The fraction of sp³-hybridized carbons (Fsp3) is 0.273. The zero-order valence-corrected chi connectivity index (χ0v) is 17.8. The number of amides is 1. The first-order valence-corrected chi connectivity index (χ1v) is 10.3. The molecule has 29 heavy (non-hydrogen) atoms. The van der Waals surface area contributed by atoms with E-state index in [1.807, 2.05) is 55.5 Å². The first kappa shape index (κ1) is 20.8. The first-order chi connectivity index (χ1) is 13.7. The molecule has 1 aromatic heterocycles. The minimum absolute atomic E-state index is 0.0380. The van der Waals surface area contributed by atoms with Crippen molar-refractivity contribution in [3.8, 4) is 11.3 Å². The second-order valence-electron chi connectivity index (χ2n) is 7.84. The molecular weight excluding hydrogens is 384 g/mol. The van der Waals surface area contributed by atoms with Crippen LogP contribution in [0.2, 0.25) is 0 Å². The molecule has 3 rings (SSSR count). The number of rotatable bonds is 5. The van der Waals surface area contributed by atoms with Crippen molar-refractivity contribution in [3.05, 3.63) is 70.0 Å². The number of hydrogen-bond donors (Lipinski definition) is 2. The van der Waals surface area contributed by atoms with Crippen LogP contribution < -0.4 is 10.9 Å². The fourth-order valence-corrected chi connectivity index (χ4v) is 3.28. The maximum atomic E-state index is 12.4. The molecule has 2 N–H and O–H groups in total. The lowest BCUT2D eigenvalue weighted by molar-refractivity contribution is -0.113. The summed E-state index contributed by atoms with van der Waals surface area (Å²) in [5.74, 6) is -0.0543. The zero-order chi connectivity index (χ0) is 21.0. The van der Waals surface area contributed by atoms with E-state index >= 15 is 0 Å². The van der Waals surface area contributed by atoms with Gasteiger partial charge in [0, 0.05) is 11.3 Å². The summed E-state index contributed by atoms with van der Waals surface area (Å²) in [4.78, 5) is 27.2. The topological polar surface area (TPSA) is 87.7 Å². The largest absolute Gasteiger partial charge is 0.325 e. The lowest BCUT2D eigenvalue weighted by Gasteiger charge is -2.18. The van der Waals surface area contributed by atoms with Crippen LogP contribution in [0.25, 0.3) is 11.3 Å². The van der Waals surface area contributed by atoms with Gasteiger partial charge in [-0.05, 0) is 30.0 Å². The summed E-state index contributed by atoms with van der Waals surface area (Å²) in [5.41, 5.74) is 3.71. The van der Waals surface area contributed by atoms with Crippen LogP contribution in [0.5, 0.6) is 0 Å². The molecule has 1 amide bonds. The molecule has 150 valence electrons. The second-order valence-corrected chi connectivity index (χ2v) is 8.80. The molecule has 6 nitrogen and oxygen atoms in total. The third-order valence-electron chi connectivity index (χ3n) is 4.38. The third-order valence-corrected chi connectivity index (χ3v) is 5.24. The van der Waals surface area contributed by atoms with Crippen LogP contribution in [0.4, 0.5) is 5.69 Å². The maximum absolute atomic E-state index is 12.4. The van der Waals surface area contributed by atoms with Crippen molar-refractivity contribution in [1.82, 2.24) is 15.2 Å². The smallest absolute Gasteiger partial charge is 0.278 e. The molecule has 1 heterocycles. The van der Waals surface area contributed by atoms with E-state index in [-0.39, 0.29) is 28.3 Å². The predicted molar refractivity (Wildman–Crippen MR) is 117 cm³/mol. The summed E-state index contributed by atoms with van der Waals surface area (Å²) < 4.78 is 0. The van der Waals surface area contributed by atoms with Crippen molar-refractivity contribution in [2.45, 2.75) is 38.3 Å². The Hall–Kier alpha value is -2.93. The molecule has 0 aliphatic carbocycles. The summed E-state index contributed by atoms with van der Waals surface area (Å²) in [7, 11) is 0. The Morgan fingerprint density at radius 3 is 2.28 bits per heavy atom. The van der Waals surface area contributed by atoms with Gasteiger partial charge in [-0.15, -0.1) is 10.2 Å². The van der Waals surface area contributed by atoms with Gasteiger partial charge in [-0.25, -0.2) is 0 Å². The van der Waals surface area contributed by atoms with Gasteiger partial charge in [-0.3, -0.25) is 14.6 Å². The lowest BCUT2D eigenvalue weighted by Crippen LogP contribution is -2.17. The SMILES string of the molecule is Cc1ccc(NC(=O)CSc2nnc(-c3ccc(C(C)(C)C)cc3)c(=O)[nH]2)cc1. The molecule has 0 aliphatic rings. The van der Waals surface area contributed by atoms with Crippen molar-refractivity contribution in [3.63, 3.8) is 0 Å². The Bertz CT molecular complexity index is 1050. The number of H-pyrrole nitrogens is 1.